The van der Waals surface area contributed by atoms with Crippen molar-refractivity contribution in [1.82, 2.24) is 89.8 Å². The quantitative estimate of drug-likeness (QED) is 0.0183. The van der Waals surface area contributed by atoms with Gasteiger partial charge in [-0.1, -0.05) is 23.7 Å². The first-order chi connectivity index (χ1) is 65.9. The maximum absolute atomic E-state index is 13.8. The maximum atomic E-state index is 13.8. The van der Waals surface area contributed by atoms with E-state index in [-0.39, 0.29) is 215 Å². The number of rotatable bonds is 54. The average Bonchev–Trinajstić information content (AvgIpc) is 1.59. The molecule has 1 aliphatic rings. The second kappa shape index (κ2) is 51.5. The molecule has 9 aromatic rings. The number of aliphatic carboxylic acids is 1. The fraction of sp³-hybridized carbons (Fsp3) is 0.444. The molecule has 0 saturated carbocycles. The Morgan fingerprint density at radius 2 is 1.01 bits per heavy atom. The van der Waals surface area contributed by atoms with Crippen LogP contribution in [0.3, 0.4) is 0 Å². The van der Waals surface area contributed by atoms with Crippen LogP contribution in [0.15, 0.2) is 103 Å². The number of amides is 12. The van der Waals surface area contributed by atoms with Crippen LogP contribution < -0.4 is 68.5 Å². The Morgan fingerprint density at radius 3 is 1.57 bits per heavy atom. The number of aromatic nitrogens is 11. The van der Waals surface area contributed by atoms with E-state index in [0.29, 0.717) is 33.8 Å². The van der Waals surface area contributed by atoms with Gasteiger partial charge in [-0.25, -0.2) is 15.0 Å². The smallest absolute Gasteiger partial charge is 0.306 e. The van der Waals surface area contributed by atoms with E-state index in [1.807, 2.05) is 35.8 Å². The van der Waals surface area contributed by atoms with Crippen LogP contribution >= 0.6 is 22.9 Å². The van der Waals surface area contributed by atoms with Crippen LogP contribution in [0.1, 0.15) is 171 Å². The maximum Gasteiger partial charge on any atom is 0.306 e. The zero-order valence-corrected chi connectivity index (χ0v) is 79.9. The topological polar surface area (TPSA) is 575 Å². The van der Waals surface area contributed by atoms with E-state index in [4.69, 9.17) is 49.8 Å². The normalized spacial score (nSPS) is 12.6. The number of nitrogens with one attached hydrogen (secondary N) is 12. The first-order valence-electron chi connectivity index (χ1n) is 44.2. The summed E-state index contributed by atoms with van der Waals surface area (Å²) in [5, 5.41) is 51.8. The van der Waals surface area contributed by atoms with Gasteiger partial charge in [0, 0.05) is 170 Å². The Balaban J connectivity index is 0.535. The number of hydrogen-bond donors (Lipinski definition) is 13. The standard InChI is InChI=1S/C90H115ClN24O22S/c1-53-54(2)138-89-76(53)77(56-12-14-57(91)15-13-56)102-64(78-109-108-55(3)115(78)89)48-73(120)98-58-16-18-61(19-17-58)136-45-44-135-43-40-133-37-33-97-82(124)62(20-22-74(121)122)103-83(125)63(21-23-75(123)137-90(4,5)6)101-72(119)27-35-131-38-41-134-42-39-132-36-32-92-69(116)24-28-96-86(128)80-106-67(51-113(80)10)104-70(117)25-29-95-85(127)66-47-60(50-112(66)9)100-88(130)81-107-68(52-114(81)11)105-71(118)26-30-94-84(126)65-46-59(49-111(65)8)99-87(129)79-93-31-34-110(79)7/h12-19,31,34,46-47,49-52,62-64H,20-30,32-33,35-45,48H2,1-11H3,(H,92,116)(H,94,126)(H,95,127)(H,96,128)(H,97,124)(H,98,120)(H,99,129)(H,100,130)(H,101,119)(H,103,125)(H,104,117)(H,105,118)(H,121,122)/t62-,63-,64+/m1/s1. The number of nitrogens with zero attached hydrogens (tertiary/aromatic N) is 12. The molecule has 0 unspecified atom stereocenters. The van der Waals surface area contributed by atoms with E-state index in [9.17, 15) is 72.2 Å². The van der Waals surface area contributed by atoms with Crippen LogP contribution in [0.5, 0.6) is 5.75 Å². The number of fused-ring (bicyclic) bond motifs is 3. The molecule has 740 valence electrons. The van der Waals surface area contributed by atoms with Crippen LogP contribution in [-0.2, 0) is 107 Å². The lowest BCUT2D eigenvalue weighted by Gasteiger charge is -2.24. The fourth-order valence-corrected chi connectivity index (χ4v) is 15.2. The van der Waals surface area contributed by atoms with Crippen molar-refractivity contribution in [3.05, 3.63) is 165 Å². The van der Waals surface area contributed by atoms with Crippen molar-refractivity contribution < 1.29 is 105 Å². The van der Waals surface area contributed by atoms with E-state index in [0.717, 1.165) is 32.3 Å². The number of carbonyl (C=O) groups excluding carboxylic acids is 13. The van der Waals surface area contributed by atoms with Crippen LogP contribution in [0.25, 0.3) is 5.00 Å². The van der Waals surface area contributed by atoms with Crippen molar-refractivity contribution in [2.24, 2.45) is 40.2 Å². The predicted octanol–water partition coefficient (Wildman–Crippen LogP) is 4.59. The number of halogens is 1. The third kappa shape index (κ3) is 32.4. The van der Waals surface area contributed by atoms with Crippen molar-refractivity contribution >= 4 is 140 Å². The van der Waals surface area contributed by atoms with Gasteiger partial charge in [-0.15, -0.1) is 21.5 Å². The van der Waals surface area contributed by atoms with Gasteiger partial charge in [0.1, 0.15) is 58.3 Å². The minimum atomic E-state index is -1.35. The molecule has 12 amide bonds. The summed E-state index contributed by atoms with van der Waals surface area (Å²) in [6, 6.07) is 13.9. The summed E-state index contributed by atoms with van der Waals surface area (Å²) >= 11 is 7.90. The van der Waals surface area contributed by atoms with Crippen molar-refractivity contribution in [2.75, 3.05) is 132 Å². The van der Waals surface area contributed by atoms with Crippen molar-refractivity contribution in [3.63, 3.8) is 0 Å². The number of ether oxygens (including phenoxy) is 7. The molecular weight excluding hydrogens is 1840 g/mol. The van der Waals surface area contributed by atoms with Crippen LogP contribution in [0.2, 0.25) is 5.02 Å². The Hall–Kier alpha value is -14.4. The van der Waals surface area contributed by atoms with Gasteiger partial charge in [-0.3, -0.25) is 76.7 Å². The lowest BCUT2D eigenvalue weighted by molar-refractivity contribution is -0.155. The largest absolute Gasteiger partial charge is 0.491 e. The van der Waals surface area contributed by atoms with Crippen molar-refractivity contribution in [3.8, 4) is 10.8 Å². The molecule has 2 aromatic carbocycles. The zero-order chi connectivity index (χ0) is 99.7. The first-order valence-corrected chi connectivity index (χ1v) is 45.4. The van der Waals surface area contributed by atoms with E-state index in [1.165, 1.54) is 62.2 Å². The zero-order valence-electron chi connectivity index (χ0n) is 78.3. The van der Waals surface area contributed by atoms with Gasteiger partial charge in [0.05, 0.1) is 89.6 Å². The Labute approximate surface area is 802 Å². The molecule has 0 aliphatic carbocycles. The van der Waals surface area contributed by atoms with Gasteiger partial charge < -0.3 is 125 Å². The van der Waals surface area contributed by atoms with Gasteiger partial charge in [-0.2, -0.15) is 0 Å². The SMILES string of the molecule is Cc1sc2c(c1C)C(c1ccc(Cl)cc1)=N[C@@H](CC(=O)Nc1ccc(OCCOCCOCCNC(=O)[C@@H](CCC(=O)O)NC(=O)[C@@H](CCC(=O)OC(C)(C)C)NC(=O)CCOCCOCCOCCNC(=O)CCNC(=O)c3nc(NC(=O)CCNC(=O)c4cc(NC(=O)c5nc(NC(=O)CCNC(=O)c6cc(NC(=O)c7nccn7C)cn6C)cn5C)cn4C)cn3C)cc1)c1nnc(C)n1-2. The summed E-state index contributed by atoms with van der Waals surface area (Å²) in [7, 11) is 7.96. The second-order valence-electron chi connectivity index (χ2n) is 32.7. The third-order valence-corrected chi connectivity index (χ3v) is 22.1. The summed E-state index contributed by atoms with van der Waals surface area (Å²) < 4.78 is 48.5. The van der Waals surface area contributed by atoms with Crippen LogP contribution in [0.4, 0.5) is 28.7 Å². The summed E-state index contributed by atoms with van der Waals surface area (Å²) in [6.07, 6.45) is 7.05. The average molecular weight is 1950 g/mol. The monoisotopic (exact) mass is 1950 g/mol. The highest BCUT2D eigenvalue weighted by Crippen LogP contribution is 2.40. The molecule has 48 heteroatoms. The molecule has 13 N–H and O–H groups in total. The molecule has 0 spiro atoms. The molecule has 3 atom stereocenters. The molecule has 0 saturated heterocycles. The minimum Gasteiger partial charge on any atom is -0.491 e. The van der Waals surface area contributed by atoms with E-state index < -0.39 is 101 Å². The summed E-state index contributed by atoms with van der Waals surface area (Å²) in [5.74, 6) is -6.62. The summed E-state index contributed by atoms with van der Waals surface area (Å²) in [5.41, 5.74) is 4.31. The number of anilines is 5. The van der Waals surface area contributed by atoms with Crippen LogP contribution in [0, 0.1) is 20.8 Å². The number of carboxylic acids is 1. The molecule has 46 nitrogen and oxygen atoms in total. The molecule has 10 rings (SSSR count). The lowest BCUT2D eigenvalue weighted by atomic mass is 9.99. The Kier molecular flexibility index (Phi) is 39.4. The predicted molar refractivity (Wildman–Crippen MR) is 503 cm³/mol. The number of aliphatic imine (C=N–C) groups is 1. The third-order valence-electron chi connectivity index (χ3n) is 20.7. The summed E-state index contributed by atoms with van der Waals surface area (Å²) in [6.45, 7) is 12.3. The van der Waals surface area contributed by atoms with Crippen molar-refractivity contribution in [1.29, 1.82) is 0 Å². The Morgan fingerprint density at radius 1 is 0.486 bits per heavy atom. The van der Waals surface area contributed by atoms with Gasteiger partial charge in [-0.05, 0) is 108 Å². The molecular formula is C90H115ClN24O22S. The second-order valence-corrected chi connectivity index (χ2v) is 34.3. The molecule has 1 aliphatic heterocycles. The number of esters is 1. The molecule has 0 fully saturated rings. The molecule has 8 heterocycles. The van der Waals surface area contributed by atoms with Crippen molar-refractivity contribution in [2.45, 2.75) is 123 Å². The van der Waals surface area contributed by atoms with E-state index >= 15 is 0 Å². The fourth-order valence-electron chi connectivity index (χ4n) is 13.8. The number of aryl methyl sites for hydroxylation is 7. The van der Waals surface area contributed by atoms with Crippen LogP contribution in [-0.4, -0.2) is 269 Å². The highest BCUT2D eigenvalue weighted by molar-refractivity contribution is 7.15. The van der Waals surface area contributed by atoms with Gasteiger partial charge in [0.15, 0.2) is 23.3 Å². The number of carboxylic acid groups (broad SMARTS) is 1. The van der Waals surface area contributed by atoms with E-state index in [2.05, 4.69) is 103 Å². The Bertz CT molecular complexity index is 5840. The van der Waals surface area contributed by atoms with Gasteiger partial charge in [0.25, 0.3) is 29.5 Å². The number of thiophene rings is 1. The molecule has 0 bridgehead atoms. The van der Waals surface area contributed by atoms with Gasteiger partial charge in [0.2, 0.25) is 53.0 Å². The molecule has 138 heavy (non-hydrogen) atoms. The number of benzene rings is 2. The molecule has 0 radical (unpaired) electrons. The van der Waals surface area contributed by atoms with E-state index in [1.54, 1.807) is 102 Å². The number of hydrogen-bond acceptors (Lipinski definition) is 28. The minimum absolute atomic E-state index is 0.00993. The highest BCUT2D eigenvalue weighted by atomic mass is 35.5. The lowest BCUT2D eigenvalue weighted by Crippen LogP contribution is -2.54. The first kappa shape index (κ1) is 106. The number of imidazole rings is 3. The highest BCUT2D eigenvalue weighted by Gasteiger charge is 2.35. The number of carbonyl (C=O) groups is 14. The van der Waals surface area contributed by atoms with Gasteiger partial charge >= 0.3 is 11.9 Å². The summed E-state index contributed by atoms with van der Waals surface area (Å²) in [4.78, 5) is 201. The molecule has 7 aromatic heterocycles.